The molecule has 0 aliphatic rings. The van der Waals surface area contributed by atoms with Crippen molar-refractivity contribution in [1.29, 1.82) is 0 Å². The van der Waals surface area contributed by atoms with Crippen LogP contribution in [0.3, 0.4) is 0 Å². The summed E-state index contributed by atoms with van der Waals surface area (Å²) in [6.07, 6.45) is 0.396. The number of nitrogens with one attached hydrogen (secondary N) is 5. The Labute approximate surface area is 105 Å². The summed E-state index contributed by atoms with van der Waals surface area (Å²) in [4.78, 5) is 0. The van der Waals surface area contributed by atoms with Crippen molar-refractivity contribution in [3.63, 3.8) is 0 Å². The van der Waals surface area contributed by atoms with Crippen molar-refractivity contribution in [3.8, 4) is 0 Å². The zero-order chi connectivity index (χ0) is 13.1. The van der Waals surface area contributed by atoms with Crippen molar-refractivity contribution in [2.45, 2.75) is 32.3 Å². The maximum atomic E-state index is 5.79. The Balaban J connectivity index is 3.88. The first kappa shape index (κ1) is 16.8. The van der Waals surface area contributed by atoms with E-state index in [0.717, 1.165) is 19.8 Å². The Morgan fingerprint density at radius 2 is 1.59 bits per heavy atom. The van der Waals surface area contributed by atoms with Crippen LogP contribution in [0, 0.1) is 0 Å². The monoisotopic (exact) mass is 247 g/mol. The lowest BCUT2D eigenvalue weighted by Gasteiger charge is -2.26. The SMILES string of the molecule is CNCNC(CNC)N[C@@H](C)O[C@@H](C)CNC. The van der Waals surface area contributed by atoms with Crippen molar-refractivity contribution < 1.29 is 4.74 Å². The quantitative estimate of drug-likeness (QED) is 0.297. The third-order valence-corrected chi connectivity index (χ3v) is 2.30. The lowest BCUT2D eigenvalue weighted by atomic mass is 10.4. The maximum Gasteiger partial charge on any atom is 0.106 e. The molecule has 5 N–H and O–H groups in total. The fraction of sp³-hybridized carbons (Fsp3) is 1.00. The molecule has 0 aromatic rings. The molecular formula is C11H29N5O. The smallest absolute Gasteiger partial charge is 0.106 e. The van der Waals surface area contributed by atoms with Crippen molar-refractivity contribution in [2.24, 2.45) is 0 Å². The van der Waals surface area contributed by atoms with Gasteiger partial charge < -0.3 is 20.7 Å². The van der Waals surface area contributed by atoms with Crippen molar-refractivity contribution in [1.82, 2.24) is 26.6 Å². The molecule has 0 bridgehead atoms. The molecule has 1 unspecified atom stereocenters. The maximum absolute atomic E-state index is 5.79. The first-order chi connectivity index (χ1) is 8.13. The van der Waals surface area contributed by atoms with Crippen LogP contribution in [0.4, 0.5) is 0 Å². The zero-order valence-corrected chi connectivity index (χ0v) is 11.8. The van der Waals surface area contributed by atoms with E-state index < -0.39 is 0 Å². The van der Waals surface area contributed by atoms with E-state index in [2.05, 4.69) is 33.5 Å². The third-order valence-electron chi connectivity index (χ3n) is 2.30. The summed E-state index contributed by atoms with van der Waals surface area (Å²) >= 11 is 0. The number of ether oxygens (including phenoxy) is 1. The predicted molar refractivity (Wildman–Crippen MR) is 71.8 cm³/mol. The highest BCUT2D eigenvalue weighted by Gasteiger charge is 2.12. The van der Waals surface area contributed by atoms with E-state index in [1.165, 1.54) is 0 Å². The first-order valence-electron chi connectivity index (χ1n) is 6.22. The van der Waals surface area contributed by atoms with E-state index in [1.807, 2.05) is 28.1 Å². The molecule has 0 fully saturated rings. The topological polar surface area (TPSA) is 69.4 Å². The lowest BCUT2D eigenvalue weighted by molar-refractivity contribution is -0.0168. The van der Waals surface area contributed by atoms with Crippen molar-refractivity contribution in [3.05, 3.63) is 0 Å². The fourth-order valence-electron chi connectivity index (χ4n) is 1.63. The second-order valence-electron chi connectivity index (χ2n) is 4.16. The van der Waals surface area contributed by atoms with Gasteiger partial charge in [-0.25, -0.2) is 0 Å². The summed E-state index contributed by atoms with van der Waals surface area (Å²) in [6.45, 7) is 6.54. The summed E-state index contributed by atoms with van der Waals surface area (Å²) in [5.74, 6) is 0. The van der Waals surface area contributed by atoms with Gasteiger partial charge in [0.05, 0.1) is 12.3 Å². The molecule has 104 valence electrons. The highest BCUT2D eigenvalue weighted by Crippen LogP contribution is 1.95. The summed E-state index contributed by atoms with van der Waals surface area (Å²) in [7, 11) is 5.78. The molecule has 0 radical (unpaired) electrons. The number of hydrogen-bond acceptors (Lipinski definition) is 6. The Morgan fingerprint density at radius 1 is 0.941 bits per heavy atom. The minimum absolute atomic E-state index is 0.0149. The zero-order valence-electron chi connectivity index (χ0n) is 11.8. The molecule has 0 saturated carbocycles. The van der Waals surface area contributed by atoms with Gasteiger partial charge in [-0.15, -0.1) is 0 Å². The molecular weight excluding hydrogens is 218 g/mol. The second kappa shape index (κ2) is 10.9. The van der Waals surface area contributed by atoms with E-state index in [9.17, 15) is 0 Å². The normalized spacial score (nSPS) is 16.8. The van der Waals surface area contributed by atoms with Gasteiger partial charge in [-0.1, -0.05) is 0 Å². The van der Waals surface area contributed by atoms with Gasteiger partial charge in [0.15, 0.2) is 0 Å². The number of likely N-dealkylation sites (N-methyl/N-ethyl adjacent to an activating group) is 2. The minimum atomic E-state index is 0.0149. The van der Waals surface area contributed by atoms with Crippen molar-refractivity contribution >= 4 is 0 Å². The van der Waals surface area contributed by atoms with Gasteiger partial charge in [0.25, 0.3) is 0 Å². The Morgan fingerprint density at radius 3 is 2.12 bits per heavy atom. The van der Waals surface area contributed by atoms with Gasteiger partial charge >= 0.3 is 0 Å². The molecule has 0 amide bonds. The van der Waals surface area contributed by atoms with Gasteiger partial charge in [-0.05, 0) is 35.0 Å². The van der Waals surface area contributed by atoms with Crippen LogP contribution < -0.4 is 26.6 Å². The molecule has 0 aliphatic carbocycles. The van der Waals surface area contributed by atoms with E-state index in [4.69, 9.17) is 4.74 Å². The molecule has 0 aromatic carbocycles. The van der Waals surface area contributed by atoms with E-state index in [-0.39, 0.29) is 18.5 Å². The van der Waals surface area contributed by atoms with E-state index in [1.54, 1.807) is 0 Å². The molecule has 0 heterocycles. The Hall–Kier alpha value is -0.240. The minimum Gasteiger partial charge on any atom is -0.359 e. The van der Waals surface area contributed by atoms with Crippen LogP contribution in [-0.2, 0) is 4.74 Å². The van der Waals surface area contributed by atoms with Crippen LogP contribution in [0.25, 0.3) is 0 Å². The standard InChI is InChI=1S/C11H29N5O/c1-9(6-12-3)17-10(2)16-11(7-13-4)15-8-14-5/h9-16H,6-8H2,1-5H3/t9-,10+,11?/m0/s1. The van der Waals surface area contributed by atoms with E-state index >= 15 is 0 Å². The molecule has 0 saturated heterocycles. The summed E-state index contributed by atoms with van der Waals surface area (Å²) in [5, 5.41) is 16.0. The highest BCUT2D eigenvalue weighted by atomic mass is 16.5. The van der Waals surface area contributed by atoms with Crippen LogP contribution in [-0.4, -0.2) is 59.4 Å². The lowest BCUT2D eigenvalue weighted by Crippen LogP contribution is -2.54. The van der Waals surface area contributed by atoms with Crippen LogP contribution in [0.15, 0.2) is 0 Å². The molecule has 17 heavy (non-hydrogen) atoms. The molecule has 0 aromatic heterocycles. The highest BCUT2D eigenvalue weighted by molar-refractivity contribution is 4.67. The largest absolute Gasteiger partial charge is 0.359 e. The molecule has 0 spiro atoms. The van der Waals surface area contributed by atoms with Gasteiger partial charge in [0, 0.05) is 19.8 Å². The average molecular weight is 247 g/mol. The third kappa shape index (κ3) is 9.46. The average Bonchev–Trinajstić information content (AvgIpc) is 2.26. The van der Waals surface area contributed by atoms with Gasteiger partial charge in [0.1, 0.15) is 6.23 Å². The molecule has 3 atom stereocenters. The van der Waals surface area contributed by atoms with Crippen molar-refractivity contribution in [2.75, 3.05) is 40.9 Å². The molecule has 0 rings (SSSR count). The van der Waals surface area contributed by atoms with Crippen LogP contribution >= 0.6 is 0 Å². The van der Waals surface area contributed by atoms with Crippen LogP contribution in [0.5, 0.6) is 0 Å². The van der Waals surface area contributed by atoms with Gasteiger partial charge in [-0.2, -0.15) is 0 Å². The summed E-state index contributed by atoms with van der Waals surface area (Å²) in [6, 6.07) is 0. The van der Waals surface area contributed by atoms with Gasteiger partial charge in [0.2, 0.25) is 0 Å². The van der Waals surface area contributed by atoms with Gasteiger partial charge in [-0.3, -0.25) is 10.6 Å². The number of rotatable bonds is 11. The molecule has 0 aliphatic heterocycles. The summed E-state index contributed by atoms with van der Waals surface area (Å²) < 4.78 is 5.79. The second-order valence-corrected chi connectivity index (χ2v) is 4.16. The first-order valence-corrected chi connectivity index (χ1v) is 6.22. The Bertz CT molecular complexity index is 170. The van der Waals surface area contributed by atoms with Crippen LogP contribution in [0.2, 0.25) is 0 Å². The summed E-state index contributed by atoms with van der Waals surface area (Å²) in [5.41, 5.74) is 0. The fourth-order valence-corrected chi connectivity index (χ4v) is 1.63. The Kier molecular flexibility index (Phi) is 10.7. The predicted octanol–water partition coefficient (Wildman–Crippen LogP) is -1.14. The van der Waals surface area contributed by atoms with E-state index in [0.29, 0.717) is 0 Å². The molecule has 6 heteroatoms. The van der Waals surface area contributed by atoms with Crippen LogP contribution in [0.1, 0.15) is 13.8 Å². The molecule has 6 nitrogen and oxygen atoms in total. The number of hydrogen-bond donors (Lipinski definition) is 5.